The molecule has 0 saturated carbocycles. The van der Waals surface area contributed by atoms with Crippen LogP contribution in [0.3, 0.4) is 0 Å². The Morgan fingerprint density at radius 1 is 1.15 bits per heavy atom. The number of rotatable bonds is 5. The monoisotopic (exact) mass is 272 g/mol. The molecular weight excluding hydrogens is 255 g/mol. The fourth-order valence-electron chi connectivity index (χ4n) is 1.98. The van der Waals surface area contributed by atoms with Gasteiger partial charge in [-0.15, -0.1) is 0 Å². The van der Waals surface area contributed by atoms with Gasteiger partial charge in [0.2, 0.25) is 5.91 Å². The van der Waals surface area contributed by atoms with Crippen LogP contribution in [0.1, 0.15) is 6.92 Å². The predicted octanol–water partition coefficient (Wildman–Crippen LogP) is 3.29. The molecule has 2 rings (SSSR count). The molecule has 1 amide bonds. The zero-order chi connectivity index (χ0) is 14.4. The minimum Gasteiger partial charge on any atom is -0.376 e. The highest BCUT2D eigenvalue weighted by Crippen LogP contribution is 2.14. The van der Waals surface area contributed by atoms with Crippen LogP contribution in [0.15, 0.2) is 54.6 Å². The van der Waals surface area contributed by atoms with Gasteiger partial charge >= 0.3 is 0 Å². The molecule has 4 heteroatoms. The van der Waals surface area contributed by atoms with E-state index < -0.39 is 0 Å². The van der Waals surface area contributed by atoms with Crippen LogP contribution in [0.5, 0.6) is 0 Å². The number of para-hydroxylation sites is 1. The van der Waals surface area contributed by atoms with Crippen molar-refractivity contribution in [1.29, 1.82) is 0 Å². The standard InChI is InChI=1S/C16H17FN2O/c1-2-19(15-9-4-3-5-10-15)16(20)12-18-14-8-6-7-13(17)11-14/h3-11,18H,2,12H2,1H3. The molecule has 2 aromatic rings. The predicted molar refractivity (Wildman–Crippen MR) is 79.4 cm³/mol. The van der Waals surface area contributed by atoms with Crippen molar-refractivity contribution >= 4 is 17.3 Å². The summed E-state index contributed by atoms with van der Waals surface area (Å²) in [6, 6.07) is 15.6. The number of amides is 1. The van der Waals surface area contributed by atoms with Crippen LogP contribution in [0.2, 0.25) is 0 Å². The van der Waals surface area contributed by atoms with Crippen LogP contribution < -0.4 is 10.2 Å². The molecule has 20 heavy (non-hydrogen) atoms. The molecule has 0 heterocycles. The number of hydrogen-bond acceptors (Lipinski definition) is 2. The number of nitrogens with zero attached hydrogens (tertiary/aromatic N) is 1. The van der Waals surface area contributed by atoms with E-state index in [4.69, 9.17) is 0 Å². The number of carbonyl (C=O) groups excluding carboxylic acids is 1. The molecule has 0 aliphatic heterocycles. The van der Waals surface area contributed by atoms with Crippen LogP contribution >= 0.6 is 0 Å². The highest BCUT2D eigenvalue weighted by molar-refractivity contribution is 5.96. The fraction of sp³-hybridized carbons (Fsp3) is 0.188. The topological polar surface area (TPSA) is 32.3 Å². The summed E-state index contributed by atoms with van der Waals surface area (Å²) in [7, 11) is 0. The van der Waals surface area contributed by atoms with E-state index in [-0.39, 0.29) is 18.3 Å². The lowest BCUT2D eigenvalue weighted by Gasteiger charge is -2.21. The SMILES string of the molecule is CCN(C(=O)CNc1cccc(F)c1)c1ccccc1. The van der Waals surface area contributed by atoms with E-state index in [1.54, 1.807) is 17.0 Å². The third-order valence-corrected chi connectivity index (χ3v) is 2.95. The Kier molecular flexibility index (Phi) is 4.71. The Labute approximate surface area is 118 Å². The third kappa shape index (κ3) is 3.57. The number of hydrogen-bond donors (Lipinski definition) is 1. The Balaban J connectivity index is 2.00. The van der Waals surface area contributed by atoms with Crippen LogP contribution in [-0.2, 0) is 4.79 Å². The molecule has 0 spiro atoms. The van der Waals surface area contributed by atoms with Gasteiger partial charge in [0.05, 0.1) is 6.54 Å². The Bertz CT molecular complexity index is 572. The maximum Gasteiger partial charge on any atom is 0.246 e. The summed E-state index contributed by atoms with van der Waals surface area (Å²) in [6.07, 6.45) is 0. The van der Waals surface area contributed by atoms with Gasteiger partial charge in [0.1, 0.15) is 5.82 Å². The number of halogens is 1. The molecule has 2 aromatic carbocycles. The largest absolute Gasteiger partial charge is 0.376 e. The Morgan fingerprint density at radius 3 is 2.55 bits per heavy atom. The average Bonchev–Trinajstić information content (AvgIpc) is 2.47. The summed E-state index contributed by atoms with van der Waals surface area (Å²) < 4.78 is 13.0. The second-order valence-electron chi connectivity index (χ2n) is 4.34. The van der Waals surface area contributed by atoms with Gasteiger partial charge in [0.15, 0.2) is 0 Å². The van der Waals surface area contributed by atoms with E-state index in [0.29, 0.717) is 12.2 Å². The summed E-state index contributed by atoms with van der Waals surface area (Å²) >= 11 is 0. The van der Waals surface area contributed by atoms with E-state index in [2.05, 4.69) is 5.32 Å². The Hall–Kier alpha value is -2.36. The van der Waals surface area contributed by atoms with Crippen molar-refractivity contribution in [3.05, 3.63) is 60.4 Å². The van der Waals surface area contributed by atoms with E-state index in [1.165, 1.54) is 12.1 Å². The Morgan fingerprint density at radius 2 is 1.90 bits per heavy atom. The van der Waals surface area contributed by atoms with Gasteiger partial charge in [-0.2, -0.15) is 0 Å². The highest BCUT2D eigenvalue weighted by atomic mass is 19.1. The van der Waals surface area contributed by atoms with Crippen molar-refractivity contribution in [2.75, 3.05) is 23.3 Å². The molecule has 0 radical (unpaired) electrons. The van der Waals surface area contributed by atoms with Gasteiger partial charge < -0.3 is 10.2 Å². The molecule has 0 fully saturated rings. The summed E-state index contributed by atoms with van der Waals surface area (Å²) in [6.45, 7) is 2.65. The zero-order valence-electron chi connectivity index (χ0n) is 11.3. The van der Waals surface area contributed by atoms with Crippen molar-refractivity contribution in [1.82, 2.24) is 0 Å². The summed E-state index contributed by atoms with van der Waals surface area (Å²) in [5.74, 6) is -0.374. The number of likely N-dealkylation sites (N-methyl/N-ethyl adjacent to an activating group) is 1. The maximum absolute atomic E-state index is 13.0. The number of benzene rings is 2. The van der Waals surface area contributed by atoms with E-state index >= 15 is 0 Å². The molecular formula is C16H17FN2O. The average molecular weight is 272 g/mol. The number of nitrogens with one attached hydrogen (secondary N) is 1. The lowest BCUT2D eigenvalue weighted by molar-refractivity contribution is -0.116. The molecule has 0 bridgehead atoms. The first kappa shape index (κ1) is 14.1. The first-order valence-electron chi connectivity index (χ1n) is 6.55. The summed E-state index contributed by atoms with van der Waals surface area (Å²) in [5, 5.41) is 2.94. The van der Waals surface area contributed by atoms with Crippen LogP contribution in [-0.4, -0.2) is 19.0 Å². The first-order chi connectivity index (χ1) is 9.70. The summed E-state index contributed by atoms with van der Waals surface area (Å²) in [5.41, 5.74) is 1.46. The smallest absolute Gasteiger partial charge is 0.246 e. The number of carbonyl (C=O) groups is 1. The lowest BCUT2D eigenvalue weighted by Crippen LogP contribution is -2.35. The molecule has 0 aliphatic carbocycles. The second-order valence-corrected chi connectivity index (χ2v) is 4.34. The quantitative estimate of drug-likeness (QED) is 0.905. The summed E-state index contributed by atoms with van der Waals surface area (Å²) in [4.78, 5) is 13.9. The maximum atomic E-state index is 13.0. The minimum atomic E-state index is -0.321. The van der Waals surface area contributed by atoms with E-state index in [0.717, 1.165) is 5.69 Å². The minimum absolute atomic E-state index is 0.0528. The molecule has 0 saturated heterocycles. The van der Waals surface area contributed by atoms with Crippen molar-refractivity contribution in [2.45, 2.75) is 6.92 Å². The molecule has 0 atom stereocenters. The van der Waals surface area contributed by atoms with Crippen molar-refractivity contribution in [3.63, 3.8) is 0 Å². The molecule has 0 aromatic heterocycles. The van der Waals surface area contributed by atoms with Crippen molar-refractivity contribution < 1.29 is 9.18 Å². The fourth-order valence-corrected chi connectivity index (χ4v) is 1.98. The van der Waals surface area contributed by atoms with Crippen LogP contribution in [0.4, 0.5) is 15.8 Å². The van der Waals surface area contributed by atoms with Gasteiger partial charge in [-0.3, -0.25) is 4.79 Å². The zero-order valence-corrected chi connectivity index (χ0v) is 11.3. The van der Waals surface area contributed by atoms with Crippen molar-refractivity contribution in [3.8, 4) is 0 Å². The van der Waals surface area contributed by atoms with Gasteiger partial charge in [-0.25, -0.2) is 4.39 Å². The molecule has 3 nitrogen and oxygen atoms in total. The molecule has 0 unspecified atom stereocenters. The van der Waals surface area contributed by atoms with Crippen LogP contribution in [0.25, 0.3) is 0 Å². The molecule has 104 valence electrons. The normalized spacial score (nSPS) is 10.1. The lowest BCUT2D eigenvalue weighted by atomic mass is 10.2. The van der Waals surface area contributed by atoms with Gasteiger partial charge in [0, 0.05) is 17.9 Å². The van der Waals surface area contributed by atoms with Gasteiger partial charge in [0.25, 0.3) is 0 Å². The molecule has 0 aliphatic rings. The third-order valence-electron chi connectivity index (χ3n) is 2.95. The van der Waals surface area contributed by atoms with Crippen LogP contribution in [0, 0.1) is 5.82 Å². The molecule has 1 N–H and O–H groups in total. The number of anilines is 2. The van der Waals surface area contributed by atoms with E-state index in [9.17, 15) is 9.18 Å². The van der Waals surface area contributed by atoms with Crippen molar-refractivity contribution in [2.24, 2.45) is 0 Å². The van der Waals surface area contributed by atoms with E-state index in [1.807, 2.05) is 37.3 Å². The first-order valence-corrected chi connectivity index (χ1v) is 6.55. The van der Waals surface area contributed by atoms with Gasteiger partial charge in [-0.1, -0.05) is 24.3 Å². The second kappa shape index (κ2) is 6.70. The van der Waals surface area contributed by atoms with Gasteiger partial charge in [-0.05, 0) is 37.3 Å². The highest BCUT2D eigenvalue weighted by Gasteiger charge is 2.12.